The molecule has 2 aromatic carbocycles. The Labute approximate surface area is 125 Å². The van der Waals surface area contributed by atoms with Crippen molar-refractivity contribution in [3.63, 3.8) is 0 Å². The lowest BCUT2D eigenvalue weighted by molar-refractivity contribution is -0.383. The number of nitrogens with one attached hydrogen (secondary N) is 2. The highest BCUT2D eigenvalue weighted by molar-refractivity contribution is 6.00. The summed E-state index contributed by atoms with van der Waals surface area (Å²) in [7, 11) is 0. The lowest BCUT2D eigenvalue weighted by Gasteiger charge is -2.03. The number of para-hydroxylation sites is 1. The molecule has 0 unspecified atom stereocenters. The van der Waals surface area contributed by atoms with Gasteiger partial charge in [-0.3, -0.25) is 14.9 Å². The summed E-state index contributed by atoms with van der Waals surface area (Å²) in [6.45, 7) is 0.400. The van der Waals surface area contributed by atoms with Gasteiger partial charge in [0.2, 0.25) is 0 Å². The normalized spacial score (nSPS) is 10.5. The van der Waals surface area contributed by atoms with E-state index >= 15 is 0 Å². The number of non-ortho nitro benzene ring substituents is 1. The molecule has 0 bridgehead atoms. The highest BCUT2D eigenvalue weighted by Crippen LogP contribution is 2.25. The van der Waals surface area contributed by atoms with Crippen LogP contribution in [0.2, 0.25) is 0 Å². The van der Waals surface area contributed by atoms with Gasteiger partial charge in [0, 0.05) is 18.0 Å². The van der Waals surface area contributed by atoms with E-state index in [0.717, 1.165) is 5.56 Å². The third-order valence-electron chi connectivity index (χ3n) is 3.37. The van der Waals surface area contributed by atoms with Crippen LogP contribution in [0.1, 0.15) is 16.1 Å². The Balaban J connectivity index is 1.82. The maximum atomic E-state index is 12.2. The number of amides is 1. The number of H-pyrrole nitrogens is 1. The number of benzene rings is 2. The molecule has 3 aromatic rings. The molecule has 3 rings (SSSR count). The molecule has 0 saturated heterocycles. The Morgan fingerprint density at radius 3 is 2.64 bits per heavy atom. The van der Waals surface area contributed by atoms with E-state index in [2.05, 4.69) is 10.3 Å². The fourth-order valence-electron chi connectivity index (χ4n) is 2.29. The number of nitrogens with zero attached hydrogens (tertiary/aromatic N) is 1. The largest absolute Gasteiger partial charge is 0.347 e. The van der Waals surface area contributed by atoms with Crippen molar-refractivity contribution in [2.75, 3.05) is 0 Å². The van der Waals surface area contributed by atoms with Gasteiger partial charge in [0.25, 0.3) is 11.6 Å². The second-order valence-corrected chi connectivity index (χ2v) is 4.85. The van der Waals surface area contributed by atoms with Crippen LogP contribution in [-0.4, -0.2) is 15.8 Å². The van der Waals surface area contributed by atoms with E-state index in [1.165, 1.54) is 6.07 Å². The maximum absolute atomic E-state index is 12.2. The quantitative estimate of drug-likeness (QED) is 0.573. The van der Waals surface area contributed by atoms with Crippen LogP contribution in [0.15, 0.2) is 54.6 Å². The molecule has 1 amide bonds. The molecule has 2 N–H and O–H groups in total. The number of hydrogen-bond donors (Lipinski definition) is 2. The summed E-state index contributed by atoms with van der Waals surface area (Å²) in [5.74, 6) is -0.297. The van der Waals surface area contributed by atoms with E-state index in [4.69, 9.17) is 0 Å². The van der Waals surface area contributed by atoms with Crippen LogP contribution >= 0.6 is 0 Å². The van der Waals surface area contributed by atoms with Gasteiger partial charge in [-0.1, -0.05) is 42.5 Å². The van der Waals surface area contributed by atoms with Gasteiger partial charge >= 0.3 is 0 Å². The van der Waals surface area contributed by atoms with Crippen LogP contribution in [0.25, 0.3) is 10.9 Å². The average Bonchev–Trinajstić information content (AvgIpc) is 2.97. The number of nitro groups is 1. The van der Waals surface area contributed by atoms with Crippen LogP contribution in [0, 0.1) is 10.1 Å². The van der Waals surface area contributed by atoms with Crippen molar-refractivity contribution in [1.82, 2.24) is 10.3 Å². The fourth-order valence-corrected chi connectivity index (χ4v) is 2.29. The van der Waals surface area contributed by atoms with Crippen LogP contribution in [0.3, 0.4) is 0 Å². The Morgan fingerprint density at radius 2 is 1.91 bits per heavy atom. The molecule has 1 heterocycles. The molecule has 0 radical (unpaired) electrons. The van der Waals surface area contributed by atoms with Gasteiger partial charge in [0.15, 0.2) is 0 Å². The molecular formula is C16H13N3O3. The number of carbonyl (C=O) groups is 1. The number of fused-ring (bicyclic) bond motifs is 1. The number of nitro benzene ring substituents is 1. The Hall–Kier alpha value is -3.15. The number of carbonyl (C=O) groups excluding carboxylic acids is 1. The van der Waals surface area contributed by atoms with Gasteiger partial charge in [-0.25, -0.2) is 0 Å². The standard InChI is InChI=1S/C16H13N3O3/c20-16(17-10-11-5-2-1-3-6-11)13-9-12-7-4-8-14(19(21)22)15(12)18-13/h1-9,18H,10H2,(H,17,20). The highest BCUT2D eigenvalue weighted by atomic mass is 16.6. The van der Waals surface area contributed by atoms with Crippen LogP contribution in [0.4, 0.5) is 5.69 Å². The molecule has 0 fully saturated rings. The number of aromatic amines is 1. The molecule has 22 heavy (non-hydrogen) atoms. The summed E-state index contributed by atoms with van der Waals surface area (Å²) in [6.07, 6.45) is 0. The molecule has 0 aliphatic heterocycles. The van der Waals surface area contributed by atoms with Crippen molar-refractivity contribution in [1.29, 1.82) is 0 Å². The first kappa shape index (κ1) is 13.8. The molecular weight excluding hydrogens is 282 g/mol. The zero-order valence-electron chi connectivity index (χ0n) is 11.6. The first-order valence-electron chi connectivity index (χ1n) is 6.73. The molecule has 6 heteroatoms. The Morgan fingerprint density at radius 1 is 1.14 bits per heavy atom. The molecule has 0 aliphatic rings. The summed E-state index contributed by atoms with van der Waals surface area (Å²) >= 11 is 0. The molecule has 0 saturated carbocycles. The van der Waals surface area contributed by atoms with Gasteiger partial charge in [-0.2, -0.15) is 0 Å². The number of aromatic nitrogens is 1. The molecule has 6 nitrogen and oxygen atoms in total. The third-order valence-corrected chi connectivity index (χ3v) is 3.37. The molecule has 1 aromatic heterocycles. The van der Waals surface area contributed by atoms with E-state index in [0.29, 0.717) is 23.1 Å². The van der Waals surface area contributed by atoms with Crippen LogP contribution in [0.5, 0.6) is 0 Å². The van der Waals surface area contributed by atoms with Crippen molar-refractivity contribution < 1.29 is 9.72 Å². The summed E-state index contributed by atoms with van der Waals surface area (Å²) in [5.41, 5.74) is 1.61. The zero-order valence-corrected chi connectivity index (χ0v) is 11.6. The van der Waals surface area contributed by atoms with Gasteiger partial charge in [-0.15, -0.1) is 0 Å². The Bertz CT molecular complexity index is 840. The van der Waals surface area contributed by atoms with Crippen molar-refractivity contribution in [3.8, 4) is 0 Å². The molecule has 0 spiro atoms. The van der Waals surface area contributed by atoms with Crippen molar-refractivity contribution in [2.24, 2.45) is 0 Å². The maximum Gasteiger partial charge on any atom is 0.293 e. The molecule has 0 atom stereocenters. The smallest absolute Gasteiger partial charge is 0.293 e. The van der Waals surface area contributed by atoms with Crippen molar-refractivity contribution in [3.05, 3.63) is 76.0 Å². The van der Waals surface area contributed by atoms with E-state index in [1.54, 1.807) is 18.2 Å². The zero-order chi connectivity index (χ0) is 15.5. The monoisotopic (exact) mass is 295 g/mol. The van der Waals surface area contributed by atoms with Gasteiger partial charge in [0.05, 0.1) is 4.92 Å². The number of rotatable bonds is 4. The minimum absolute atomic E-state index is 0.0420. The predicted molar refractivity (Wildman–Crippen MR) is 82.6 cm³/mol. The van der Waals surface area contributed by atoms with E-state index in [1.807, 2.05) is 30.3 Å². The van der Waals surface area contributed by atoms with Gasteiger partial charge in [0.1, 0.15) is 11.2 Å². The van der Waals surface area contributed by atoms with Gasteiger partial charge < -0.3 is 10.3 Å². The van der Waals surface area contributed by atoms with Crippen molar-refractivity contribution >= 4 is 22.5 Å². The summed E-state index contributed by atoms with van der Waals surface area (Å²) in [5, 5.41) is 14.4. The summed E-state index contributed by atoms with van der Waals surface area (Å²) in [4.78, 5) is 25.5. The van der Waals surface area contributed by atoms with E-state index in [9.17, 15) is 14.9 Å². The second-order valence-electron chi connectivity index (χ2n) is 4.85. The van der Waals surface area contributed by atoms with Crippen LogP contribution in [-0.2, 0) is 6.54 Å². The summed E-state index contributed by atoms with van der Waals surface area (Å²) < 4.78 is 0. The second kappa shape index (κ2) is 5.69. The lowest BCUT2D eigenvalue weighted by Crippen LogP contribution is -2.22. The van der Waals surface area contributed by atoms with Crippen molar-refractivity contribution in [2.45, 2.75) is 6.54 Å². The molecule has 110 valence electrons. The van der Waals surface area contributed by atoms with Crippen LogP contribution < -0.4 is 5.32 Å². The first-order valence-corrected chi connectivity index (χ1v) is 6.73. The fraction of sp³-hybridized carbons (Fsp3) is 0.0625. The van der Waals surface area contributed by atoms with E-state index < -0.39 is 4.92 Å². The third kappa shape index (κ3) is 2.67. The SMILES string of the molecule is O=C(NCc1ccccc1)c1cc2cccc([N+](=O)[O-])c2[nH]1. The average molecular weight is 295 g/mol. The molecule has 0 aliphatic carbocycles. The van der Waals surface area contributed by atoms with Gasteiger partial charge in [-0.05, 0) is 11.6 Å². The minimum Gasteiger partial charge on any atom is -0.347 e. The summed E-state index contributed by atoms with van der Waals surface area (Å²) in [6, 6.07) is 15.9. The number of hydrogen-bond acceptors (Lipinski definition) is 3. The topological polar surface area (TPSA) is 88.0 Å². The first-order chi connectivity index (χ1) is 10.6. The Kier molecular flexibility index (Phi) is 3.57. The highest BCUT2D eigenvalue weighted by Gasteiger charge is 2.16. The lowest BCUT2D eigenvalue weighted by atomic mass is 10.2. The minimum atomic E-state index is -0.468. The predicted octanol–water partition coefficient (Wildman–Crippen LogP) is 3.01. The van der Waals surface area contributed by atoms with E-state index in [-0.39, 0.29) is 11.6 Å².